The van der Waals surface area contributed by atoms with Crippen LogP contribution in [0.5, 0.6) is 0 Å². The maximum atomic E-state index is 12.3. The smallest absolute Gasteiger partial charge is 0.410 e. The fourth-order valence-corrected chi connectivity index (χ4v) is 2.93. The van der Waals surface area contributed by atoms with Crippen LogP contribution < -0.4 is 0 Å². The van der Waals surface area contributed by atoms with E-state index < -0.39 is 5.60 Å². The first-order valence-electron chi connectivity index (χ1n) is 8.39. The predicted octanol–water partition coefficient (Wildman–Crippen LogP) is 3.47. The highest BCUT2D eigenvalue weighted by Crippen LogP contribution is 2.24. The van der Waals surface area contributed by atoms with Crippen molar-refractivity contribution in [3.63, 3.8) is 0 Å². The molecule has 0 N–H and O–H groups in total. The molecule has 0 aliphatic carbocycles. The van der Waals surface area contributed by atoms with Crippen molar-refractivity contribution < 1.29 is 9.53 Å². The van der Waals surface area contributed by atoms with Crippen LogP contribution in [0.1, 0.15) is 52.3 Å². The third-order valence-corrected chi connectivity index (χ3v) is 4.35. The molecule has 23 heavy (non-hydrogen) atoms. The number of hydrogen-bond donors (Lipinski definition) is 0. The zero-order valence-electron chi connectivity index (χ0n) is 15.0. The summed E-state index contributed by atoms with van der Waals surface area (Å²) < 4.78 is 5.51. The summed E-state index contributed by atoms with van der Waals surface area (Å²) in [4.78, 5) is 20.9. The Balaban J connectivity index is 1.99. The average molecular weight is 319 g/mol. The second kappa shape index (κ2) is 7.30. The Morgan fingerprint density at radius 2 is 2.17 bits per heavy atom. The molecule has 2 heterocycles. The Bertz CT molecular complexity index is 513. The number of ether oxygens (including phenoxy) is 1. The predicted molar refractivity (Wildman–Crippen MR) is 91.2 cm³/mol. The van der Waals surface area contributed by atoms with Gasteiger partial charge in [-0.15, -0.1) is 0 Å². The van der Waals surface area contributed by atoms with Gasteiger partial charge in [-0.3, -0.25) is 9.88 Å². The summed E-state index contributed by atoms with van der Waals surface area (Å²) in [7, 11) is 2.11. The minimum absolute atomic E-state index is 0.207. The molecule has 1 aromatic rings. The average Bonchev–Trinajstić information content (AvgIpc) is 2.53. The number of carbonyl (C=O) groups is 1. The molecule has 2 atom stereocenters. The molecule has 1 aliphatic rings. The van der Waals surface area contributed by atoms with E-state index >= 15 is 0 Å². The molecule has 5 nitrogen and oxygen atoms in total. The van der Waals surface area contributed by atoms with Crippen molar-refractivity contribution in [3.05, 3.63) is 30.1 Å². The molecular weight excluding hydrogens is 290 g/mol. The van der Waals surface area contributed by atoms with Crippen molar-refractivity contribution in [2.45, 2.75) is 58.2 Å². The van der Waals surface area contributed by atoms with Gasteiger partial charge in [-0.2, -0.15) is 0 Å². The minimum atomic E-state index is -0.447. The fourth-order valence-electron chi connectivity index (χ4n) is 2.93. The third-order valence-electron chi connectivity index (χ3n) is 4.35. The summed E-state index contributed by atoms with van der Waals surface area (Å²) >= 11 is 0. The Labute approximate surface area is 139 Å². The van der Waals surface area contributed by atoms with E-state index in [2.05, 4.69) is 29.9 Å². The van der Waals surface area contributed by atoms with E-state index in [9.17, 15) is 4.79 Å². The molecule has 0 spiro atoms. The number of hydrogen-bond acceptors (Lipinski definition) is 4. The summed E-state index contributed by atoms with van der Waals surface area (Å²) in [6.45, 7) is 9.36. The molecule has 1 aliphatic heterocycles. The highest BCUT2D eigenvalue weighted by Gasteiger charge is 2.31. The Morgan fingerprint density at radius 1 is 1.43 bits per heavy atom. The lowest BCUT2D eigenvalue weighted by molar-refractivity contribution is 0.00959. The number of nitrogens with zero attached hydrogens (tertiary/aromatic N) is 3. The first kappa shape index (κ1) is 17.7. The molecule has 1 aromatic heterocycles. The van der Waals surface area contributed by atoms with Crippen LogP contribution >= 0.6 is 0 Å². The van der Waals surface area contributed by atoms with Crippen LogP contribution in [0.2, 0.25) is 0 Å². The molecule has 0 unspecified atom stereocenters. The van der Waals surface area contributed by atoms with Crippen LogP contribution in [0.4, 0.5) is 4.79 Å². The van der Waals surface area contributed by atoms with Gasteiger partial charge in [-0.25, -0.2) is 4.79 Å². The summed E-state index contributed by atoms with van der Waals surface area (Å²) in [5.41, 5.74) is 0.612. The van der Waals surface area contributed by atoms with E-state index in [1.165, 1.54) is 0 Å². The topological polar surface area (TPSA) is 45.7 Å². The second-order valence-corrected chi connectivity index (χ2v) is 7.32. The normalized spacial score (nSPS) is 20.4. The SMILES string of the molecule is C[C@H](c1ccccn1)N(C)[C@H]1CCCN(C(=O)OC(C)(C)C)C1. The summed E-state index contributed by atoms with van der Waals surface area (Å²) in [6.07, 6.45) is 3.71. The van der Waals surface area contributed by atoms with Gasteiger partial charge < -0.3 is 9.64 Å². The first-order chi connectivity index (χ1) is 10.8. The minimum Gasteiger partial charge on any atom is -0.444 e. The second-order valence-electron chi connectivity index (χ2n) is 7.32. The lowest BCUT2D eigenvalue weighted by Gasteiger charge is -2.40. The molecule has 5 heteroatoms. The zero-order valence-corrected chi connectivity index (χ0v) is 15.0. The highest BCUT2D eigenvalue weighted by atomic mass is 16.6. The molecule has 1 amide bonds. The van der Waals surface area contributed by atoms with E-state index in [4.69, 9.17) is 4.74 Å². The Morgan fingerprint density at radius 3 is 2.78 bits per heavy atom. The molecule has 128 valence electrons. The Kier molecular flexibility index (Phi) is 5.63. The number of carbonyl (C=O) groups excluding carboxylic acids is 1. The molecule has 0 aromatic carbocycles. The van der Waals surface area contributed by atoms with Crippen molar-refractivity contribution in [1.29, 1.82) is 0 Å². The van der Waals surface area contributed by atoms with Crippen LogP contribution in [0, 0.1) is 0 Å². The van der Waals surface area contributed by atoms with Gasteiger partial charge in [-0.1, -0.05) is 6.07 Å². The van der Waals surface area contributed by atoms with Gasteiger partial charge in [-0.05, 0) is 59.7 Å². The summed E-state index contributed by atoms with van der Waals surface area (Å²) in [5, 5.41) is 0. The van der Waals surface area contributed by atoms with Crippen LogP contribution in [-0.4, -0.2) is 52.7 Å². The summed E-state index contributed by atoms with van der Waals surface area (Å²) in [6, 6.07) is 6.55. The Hall–Kier alpha value is -1.62. The van der Waals surface area contributed by atoms with Crippen molar-refractivity contribution in [2.75, 3.05) is 20.1 Å². The standard InChI is InChI=1S/C18H29N3O2/c1-14(16-10-6-7-11-19-16)20(5)15-9-8-12-21(13-15)17(22)23-18(2,3)4/h6-7,10-11,14-15H,8-9,12-13H2,1-5H3/t14-,15+/m1/s1. The molecule has 1 fully saturated rings. The number of rotatable bonds is 3. The molecule has 2 rings (SSSR count). The van der Waals surface area contributed by atoms with Gasteiger partial charge in [0, 0.05) is 31.4 Å². The van der Waals surface area contributed by atoms with Gasteiger partial charge in [0.1, 0.15) is 5.60 Å². The monoisotopic (exact) mass is 319 g/mol. The third kappa shape index (κ3) is 4.93. The van der Waals surface area contributed by atoms with Crippen molar-refractivity contribution >= 4 is 6.09 Å². The molecule has 1 saturated heterocycles. The van der Waals surface area contributed by atoms with E-state index in [1.54, 1.807) is 0 Å². The molecule has 0 saturated carbocycles. The van der Waals surface area contributed by atoms with E-state index in [-0.39, 0.29) is 12.1 Å². The lowest BCUT2D eigenvalue weighted by Crippen LogP contribution is -2.50. The van der Waals surface area contributed by atoms with Gasteiger partial charge in [0.05, 0.1) is 5.69 Å². The van der Waals surface area contributed by atoms with Crippen LogP contribution in [0.3, 0.4) is 0 Å². The van der Waals surface area contributed by atoms with Crippen molar-refractivity contribution in [3.8, 4) is 0 Å². The lowest BCUT2D eigenvalue weighted by atomic mass is 10.0. The fraction of sp³-hybridized carbons (Fsp3) is 0.667. The number of aromatic nitrogens is 1. The van der Waals surface area contributed by atoms with Crippen LogP contribution in [-0.2, 0) is 4.74 Å². The molecule has 0 bridgehead atoms. The zero-order chi connectivity index (χ0) is 17.0. The van der Waals surface area contributed by atoms with E-state index in [0.717, 1.165) is 25.1 Å². The molecular formula is C18H29N3O2. The first-order valence-corrected chi connectivity index (χ1v) is 8.39. The van der Waals surface area contributed by atoms with E-state index in [0.29, 0.717) is 12.6 Å². The van der Waals surface area contributed by atoms with E-state index in [1.807, 2.05) is 44.0 Å². The quantitative estimate of drug-likeness (QED) is 0.856. The number of likely N-dealkylation sites (tertiary alicyclic amines) is 1. The largest absolute Gasteiger partial charge is 0.444 e. The maximum Gasteiger partial charge on any atom is 0.410 e. The van der Waals surface area contributed by atoms with Gasteiger partial charge >= 0.3 is 6.09 Å². The van der Waals surface area contributed by atoms with Crippen molar-refractivity contribution in [2.24, 2.45) is 0 Å². The van der Waals surface area contributed by atoms with Crippen LogP contribution in [0.25, 0.3) is 0 Å². The van der Waals surface area contributed by atoms with Gasteiger partial charge in [0.2, 0.25) is 0 Å². The number of likely N-dealkylation sites (N-methyl/N-ethyl adjacent to an activating group) is 1. The van der Waals surface area contributed by atoms with Crippen molar-refractivity contribution in [1.82, 2.24) is 14.8 Å². The highest BCUT2D eigenvalue weighted by molar-refractivity contribution is 5.68. The number of pyridine rings is 1. The molecule has 0 radical (unpaired) electrons. The maximum absolute atomic E-state index is 12.3. The number of piperidine rings is 1. The van der Waals surface area contributed by atoms with Crippen LogP contribution in [0.15, 0.2) is 24.4 Å². The van der Waals surface area contributed by atoms with Gasteiger partial charge in [0.25, 0.3) is 0 Å². The van der Waals surface area contributed by atoms with Gasteiger partial charge in [0.15, 0.2) is 0 Å². The number of amides is 1. The summed E-state index contributed by atoms with van der Waals surface area (Å²) in [5.74, 6) is 0.